The monoisotopic (exact) mass is 295 g/mol. The molecule has 2 aromatic rings. The first kappa shape index (κ1) is 11.5. The first-order valence-corrected chi connectivity index (χ1v) is 5.32. The number of amides is 1. The topological polar surface area (TPSA) is 85.1 Å². The van der Waals surface area contributed by atoms with Crippen molar-refractivity contribution in [3.8, 4) is 0 Å². The van der Waals surface area contributed by atoms with Crippen molar-refractivity contribution in [1.82, 2.24) is 9.97 Å². The highest BCUT2D eigenvalue weighted by atomic mass is 79.9. The molecule has 0 aliphatic heterocycles. The van der Waals surface area contributed by atoms with Crippen molar-refractivity contribution < 1.29 is 9.21 Å². The molecular formula is C10H6BrN3O3. The van der Waals surface area contributed by atoms with Gasteiger partial charge >= 0.3 is 5.63 Å². The largest absolute Gasteiger partial charge is 0.430 e. The predicted octanol–water partition coefficient (Wildman–Crippen LogP) is 1.44. The van der Waals surface area contributed by atoms with Crippen LogP contribution in [0, 0.1) is 0 Å². The number of aromatic nitrogens is 2. The molecule has 0 aromatic carbocycles. The average Bonchev–Trinajstić information content (AvgIpc) is 2.33. The fourth-order valence-electron chi connectivity index (χ4n) is 1.05. The van der Waals surface area contributed by atoms with Gasteiger partial charge in [-0.1, -0.05) is 0 Å². The molecule has 0 saturated carbocycles. The van der Waals surface area contributed by atoms with Crippen LogP contribution in [-0.2, 0) is 0 Å². The molecule has 1 amide bonds. The van der Waals surface area contributed by atoms with Crippen molar-refractivity contribution >= 4 is 27.7 Å². The molecule has 0 unspecified atom stereocenters. The Bertz CT molecular complexity index is 574. The van der Waals surface area contributed by atoms with Crippen LogP contribution in [0.15, 0.2) is 44.6 Å². The molecule has 2 heterocycles. The number of anilines is 1. The van der Waals surface area contributed by atoms with Crippen LogP contribution in [0.3, 0.4) is 0 Å². The molecule has 0 spiro atoms. The zero-order valence-corrected chi connectivity index (χ0v) is 9.97. The maximum Gasteiger partial charge on any atom is 0.335 e. The number of carbonyl (C=O) groups is 1. The Morgan fingerprint density at radius 1 is 1.29 bits per heavy atom. The Hall–Kier alpha value is -2.02. The number of nitrogens with one attached hydrogen (secondary N) is 1. The fraction of sp³-hybridized carbons (Fsp3) is 0. The molecule has 0 saturated heterocycles. The van der Waals surface area contributed by atoms with Crippen LogP contribution < -0.4 is 10.9 Å². The zero-order chi connectivity index (χ0) is 12.3. The van der Waals surface area contributed by atoms with Gasteiger partial charge in [-0.15, -0.1) is 0 Å². The molecule has 1 N–H and O–H groups in total. The van der Waals surface area contributed by atoms with Gasteiger partial charge in [-0.3, -0.25) is 4.79 Å². The number of hydrogen-bond donors (Lipinski definition) is 1. The third-order valence-corrected chi connectivity index (χ3v) is 2.23. The maximum absolute atomic E-state index is 11.7. The van der Waals surface area contributed by atoms with Crippen LogP contribution in [0.25, 0.3) is 0 Å². The normalized spacial score (nSPS) is 9.94. The van der Waals surface area contributed by atoms with Crippen molar-refractivity contribution in [2.24, 2.45) is 0 Å². The summed E-state index contributed by atoms with van der Waals surface area (Å²) in [6.07, 6.45) is 3.95. The van der Waals surface area contributed by atoms with Gasteiger partial charge in [0.1, 0.15) is 10.9 Å². The summed E-state index contributed by atoms with van der Waals surface area (Å²) >= 11 is 3.13. The SMILES string of the molecule is O=C(Nc1cnc(Br)cn1)c1ccc(=O)oc1. The summed E-state index contributed by atoms with van der Waals surface area (Å²) in [6.45, 7) is 0. The molecule has 17 heavy (non-hydrogen) atoms. The summed E-state index contributed by atoms with van der Waals surface area (Å²) in [5.41, 5.74) is -0.278. The van der Waals surface area contributed by atoms with Crippen LogP contribution in [0.4, 0.5) is 5.82 Å². The van der Waals surface area contributed by atoms with E-state index < -0.39 is 11.5 Å². The van der Waals surface area contributed by atoms with Gasteiger partial charge < -0.3 is 9.73 Å². The first-order chi connectivity index (χ1) is 8.15. The Labute approximate surface area is 104 Å². The smallest absolute Gasteiger partial charge is 0.335 e. The van der Waals surface area contributed by atoms with Crippen molar-refractivity contribution in [3.63, 3.8) is 0 Å². The van der Waals surface area contributed by atoms with E-state index in [1.165, 1.54) is 24.5 Å². The van der Waals surface area contributed by atoms with E-state index >= 15 is 0 Å². The molecule has 86 valence electrons. The van der Waals surface area contributed by atoms with E-state index in [4.69, 9.17) is 0 Å². The van der Waals surface area contributed by atoms with E-state index in [1.54, 1.807) is 0 Å². The molecule has 0 bridgehead atoms. The van der Waals surface area contributed by atoms with E-state index in [2.05, 4.69) is 35.6 Å². The summed E-state index contributed by atoms with van der Waals surface area (Å²) in [5, 5.41) is 2.51. The van der Waals surface area contributed by atoms with Crippen molar-refractivity contribution in [2.75, 3.05) is 5.32 Å². The molecular weight excluding hydrogens is 290 g/mol. The van der Waals surface area contributed by atoms with Gasteiger partial charge in [-0.05, 0) is 22.0 Å². The van der Waals surface area contributed by atoms with E-state index in [1.807, 2.05) is 0 Å². The number of halogens is 1. The Morgan fingerprint density at radius 2 is 2.12 bits per heavy atom. The molecule has 0 atom stereocenters. The minimum absolute atomic E-state index is 0.231. The Morgan fingerprint density at radius 3 is 2.71 bits per heavy atom. The molecule has 7 heteroatoms. The lowest BCUT2D eigenvalue weighted by molar-refractivity contribution is 0.102. The van der Waals surface area contributed by atoms with Gasteiger partial charge in [0.05, 0.1) is 18.0 Å². The predicted molar refractivity (Wildman–Crippen MR) is 62.7 cm³/mol. The highest BCUT2D eigenvalue weighted by Crippen LogP contribution is 2.07. The van der Waals surface area contributed by atoms with Crippen molar-refractivity contribution in [1.29, 1.82) is 0 Å². The van der Waals surface area contributed by atoms with Gasteiger partial charge in [0.15, 0.2) is 5.82 Å². The molecule has 2 aromatic heterocycles. The lowest BCUT2D eigenvalue weighted by Gasteiger charge is -2.02. The van der Waals surface area contributed by atoms with Gasteiger partial charge in [-0.2, -0.15) is 0 Å². The third-order valence-electron chi connectivity index (χ3n) is 1.83. The second-order valence-electron chi connectivity index (χ2n) is 3.02. The van der Waals surface area contributed by atoms with Gasteiger partial charge in [0.2, 0.25) is 0 Å². The van der Waals surface area contributed by atoms with Crippen LogP contribution in [0.2, 0.25) is 0 Å². The molecule has 0 aliphatic carbocycles. The first-order valence-electron chi connectivity index (χ1n) is 4.53. The standard InChI is InChI=1S/C10H6BrN3O3/c11-7-3-13-8(4-12-7)14-10(16)6-1-2-9(15)17-5-6/h1-5H,(H,13,14,16). The lowest BCUT2D eigenvalue weighted by atomic mass is 10.3. The van der Waals surface area contributed by atoms with Crippen LogP contribution in [0.1, 0.15) is 10.4 Å². The minimum atomic E-state index is -0.509. The number of nitrogens with zero attached hydrogens (tertiary/aromatic N) is 2. The lowest BCUT2D eigenvalue weighted by Crippen LogP contribution is -2.14. The Balaban J connectivity index is 2.14. The highest BCUT2D eigenvalue weighted by Gasteiger charge is 2.07. The third kappa shape index (κ3) is 2.97. The summed E-state index contributed by atoms with van der Waals surface area (Å²) in [5.74, 6) is -0.116. The molecule has 0 fully saturated rings. The summed E-state index contributed by atoms with van der Waals surface area (Å²) in [4.78, 5) is 30.2. The number of rotatable bonds is 2. The summed E-state index contributed by atoms with van der Waals surface area (Å²) in [6, 6.07) is 2.54. The van der Waals surface area contributed by atoms with Crippen LogP contribution in [-0.4, -0.2) is 15.9 Å². The minimum Gasteiger partial charge on any atom is -0.430 e. The van der Waals surface area contributed by atoms with Gasteiger partial charge in [0.25, 0.3) is 5.91 Å². The van der Waals surface area contributed by atoms with Gasteiger partial charge in [0, 0.05) is 6.07 Å². The molecule has 0 aliphatic rings. The number of hydrogen-bond acceptors (Lipinski definition) is 5. The van der Waals surface area contributed by atoms with E-state index in [9.17, 15) is 9.59 Å². The summed E-state index contributed by atoms with van der Waals surface area (Å²) in [7, 11) is 0. The van der Waals surface area contributed by atoms with E-state index in [0.29, 0.717) is 10.4 Å². The molecule has 0 radical (unpaired) electrons. The molecule has 6 nitrogen and oxygen atoms in total. The van der Waals surface area contributed by atoms with Crippen molar-refractivity contribution in [3.05, 3.63) is 51.4 Å². The van der Waals surface area contributed by atoms with Gasteiger partial charge in [-0.25, -0.2) is 14.8 Å². The molecule has 2 rings (SSSR count). The number of carbonyl (C=O) groups excluding carboxylic acids is 1. The summed E-state index contributed by atoms with van der Waals surface area (Å²) < 4.78 is 5.15. The second-order valence-corrected chi connectivity index (χ2v) is 3.83. The quantitative estimate of drug-likeness (QED) is 0.906. The van der Waals surface area contributed by atoms with E-state index in [0.717, 1.165) is 6.26 Å². The zero-order valence-electron chi connectivity index (χ0n) is 8.38. The van der Waals surface area contributed by atoms with Crippen molar-refractivity contribution in [2.45, 2.75) is 0 Å². The fourth-order valence-corrected chi connectivity index (χ4v) is 1.26. The maximum atomic E-state index is 11.7. The highest BCUT2D eigenvalue weighted by molar-refractivity contribution is 9.10. The second kappa shape index (κ2) is 4.88. The Kier molecular flexibility index (Phi) is 3.29. The van der Waals surface area contributed by atoms with E-state index in [-0.39, 0.29) is 5.56 Å². The average molecular weight is 296 g/mol. The van der Waals surface area contributed by atoms with Crippen LogP contribution in [0.5, 0.6) is 0 Å². The van der Waals surface area contributed by atoms with Crippen LogP contribution >= 0.6 is 15.9 Å².